The molecule has 4 nitrogen and oxygen atoms in total. The molecule has 1 aliphatic carbocycles. The zero-order chi connectivity index (χ0) is 13.3. The van der Waals surface area contributed by atoms with Gasteiger partial charge in [0.25, 0.3) is 0 Å². The first kappa shape index (κ1) is 12.9. The number of aromatic nitrogens is 2. The molecule has 2 aromatic heterocycles. The summed E-state index contributed by atoms with van der Waals surface area (Å²) in [6, 6.07) is 2.06. The Morgan fingerprint density at radius 2 is 2.37 bits per heavy atom. The van der Waals surface area contributed by atoms with Gasteiger partial charge in [-0.2, -0.15) is 0 Å². The number of rotatable bonds is 5. The summed E-state index contributed by atoms with van der Waals surface area (Å²) >= 11 is 3.35. The van der Waals surface area contributed by atoms with Gasteiger partial charge in [0.05, 0.1) is 13.5 Å². The average Bonchev–Trinajstić information content (AvgIpc) is 3.01. The van der Waals surface area contributed by atoms with Crippen LogP contribution in [0.5, 0.6) is 0 Å². The van der Waals surface area contributed by atoms with E-state index in [1.807, 2.05) is 5.38 Å². The second-order valence-corrected chi connectivity index (χ2v) is 6.72. The normalized spacial score (nSPS) is 16.5. The summed E-state index contributed by atoms with van der Waals surface area (Å²) in [5.41, 5.74) is 0.130. The minimum atomic E-state index is -0.110. The molecule has 0 aromatic carbocycles. The summed E-state index contributed by atoms with van der Waals surface area (Å²) < 4.78 is 4.76. The highest BCUT2D eigenvalue weighted by molar-refractivity contribution is 7.99. The number of esters is 1. The fraction of sp³-hybridized carbons (Fsp3) is 0.462. The maximum Gasteiger partial charge on any atom is 0.306 e. The lowest BCUT2D eigenvalue weighted by atomic mass is 10.1. The highest BCUT2D eigenvalue weighted by atomic mass is 32.2. The van der Waals surface area contributed by atoms with E-state index in [1.165, 1.54) is 7.11 Å². The number of fused-ring (bicyclic) bond motifs is 1. The fourth-order valence-corrected chi connectivity index (χ4v) is 4.10. The van der Waals surface area contributed by atoms with Crippen molar-refractivity contribution in [3.63, 3.8) is 0 Å². The van der Waals surface area contributed by atoms with Crippen LogP contribution in [0.1, 0.15) is 19.3 Å². The van der Waals surface area contributed by atoms with E-state index in [0.717, 1.165) is 33.8 Å². The number of carbonyl (C=O) groups excluding carboxylic acids is 1. The predicted molar refractivity (Wildman–Crippen MR) is 76.4 cm³/mol. The molecule has 0 atom stereocenters. The summed E-state index contributed by atoms with van der Waals surface area (Å²) in [6.07, 6.45) is 4.34. The van der Waals surface area contributed by atoms with Crippen LogP contribution in [0, 0.1) is 5.41 Å². The van der Waals surface area contributed by atoms with Gasteiger partial charge in [-0.25, -0.2) is 9.97 Å². The lowest BCUT2D eigenvalue weighted by Crippen LogP contribution is -2.13. The van der Waals surface area contributed by atoms with E-state index in [1.54, 1.807) is 29.4 Å². The number of carbonyl (C=O) groups is 1. The predicted octanol–water partition coefficient (Wildman–Crippen LogP) is 3.13. The molecule has 0 radical (unpaired) electrons. The van der Waals surface area contributed by atoms with Crippen molar-refractivity contribution in [3.05, 3.63) is 17.8 Å². The molecule has 1 fully saturated rings. The van der Waals surface area contributed by atoms with Crippen molar-refractivity contribution in [3.8, 4) is 0 Å². The Morgan fingerprint density at radius 1 is 1.53 bits per heavy atom. The molecule has 6 heteroatoms. The van der Waals surface area contributed by atoms with Crippen LogP contribution in [-0.2, 0) is 9.53 Å². The van der Waals surface area contributed by atoms with Crippen LogP contribution in [-0.4, -0.2) is 28.8 Å². The van der Waals surface area contributed by atoms with Crippen molar-refractivity contribution < 1.29 is 9.53 Å². The Bertz CT molecular complexity index is 607. The summed E-state index contributed by atoms with van der Waals surface area (Å²) in [6.45, 7) is 0. The van der Waals surface area contributed by atoms with Gasteiger partial charge >= 0.3 is 5.97 Å². The summed E-state index contributed by atoms with van der Waals surface area (Å²) in [5, 5.41) is 4.17. The molecule has 0 saturated heterocycles. The summed E-state index contributed by atoms with van der Waals surface area (Å²) in [7, 11) is 1.45. The molecule has 0 spiro atoms. The molecule has 1 aliphatic rings. The quantitative estimate of drug-likeness (QED) is 0.482. The largest absolute Gasteiger partial charge is 0.469 e. The van der Waals surface area contributed by atoms with E-state index in [9.17, 15) is 4.79 Å². The Morgan fingerprint density at radius 3 is 3.11 bits per heavy atom. The molecule has 0 aliphatic heterocycles. The highest BCUT2D eigenvalue weighted by Crippen LogP contribution is 2.52. The molecule has 100 valence electrons. The third-order valence-electron chi connectivity index (χ3n) is 3.44. The van der Waals surface area contributed by atoms with Crippen molar-refractivity contribution in [2.24, 2.45) is 5.41 Å². The topological polar surface area (TPSA) is 52.1 Å². The first-order chi connectivity index (χ1) is 9.22. The Balaban J connectivity index is 1.69. The molecular formula is C13H14N2O2S2. The molecule has 0 N–H and O–H groups in total. The van der Waals surface area contributed by atoms with Crippen molar-refractivity contribution in [1.29, 1.82) is 0 Å². The second kappa shape index (κ2) is 5.09. The average molecular weight is 294 g/mol. The van der Waals surface area contributed by atoms with Gasteiger partial charge in [-0.3, -0.25) is 4.79 Å². The first-order valence-electron chi connectivity index (χ1n) is 6.10. The number of hydrogen-bond donors (Lipinski definition) is 0. The molecule has 19 heavy (non-hydrogen) atoms. The molecule has 0 bridgehead atoms. The van der Waals surface area contributed by atoms with Crippen LogP contribution in [0.4, 0.5) is 0 Å². The van der Waals surface area contributed by atoms with E-state index >= 15 is 0 Å². The van der Waals surface area contributed by atoms with Gasteiger partial charge in [-0.05, 0) is 29.7 Å². The lowest BCUT2D eigenvalue weighted by molar-refractivity contribution is -0.141. The van der Waals surface area contributed by atoms with Gasteiger partial charge in [0.2, 0.25) is 0 Å². The van der Waals surface area contributed by atoms with Crippen LogP contribution in [0.15, 0.2) is 22.8 Å². The Hall–Kier alpha value is -1.14. The number of ether oxygens (including phenoxy) is 1. The fourth-order valence-electron chi connectivity index (χ4n) is 2.03. The minimum Gasteiger partial charge on any atom is -0.469 e. The van der Waals surface area contributed by atoms with E-state index < -0.39 is 0 Å². The molecule has 2 aromatic rings. The first-order valence-corrected chi connectivity index (χ1v) is 7.97. The maximum absolute atomic E-state index is 11.4. The molecular weight excluding hydrogens is 280 g/mol. The van der Waals surface area contributed by atoms with Crippen molar-refractivity contribution in [2.45, 2.75) is 24.3 Å². The zero-order valence-corrected chi connectivity index (χ0v) is 12.2. The third kappa shape index (κ3) is 2.74. The van der Waals surface area contributed by atoms with Crippen LogP contribution >= 0.6 is 23.1 Å². The number of thioether (sulfide) groups is 1. The van der Waals surface area contributed by atoms with Crippen LogP contribution in [0.3, 0.4) is 0 Å². The van der Waals surface area contributed by atoms with E-state index in [4.69, 9.17) is 4.74 Å². The molecule has 0 unspecified atom stereocenters. The maximum atomic E-state index is 11.4. The Labute approximate surface area is 119 Å². The van der Waals surface area contributed by atoms with Gasteiger partial charge in [0.1, 0.15) is 16.2 Å². The third-order valence-corrected chi connectivity index (χ3v) is 5.62. The van der Waals surface area contributed by atoms with E-state index in [-0.39, 0.29) is 11.4 Å². The lowest BCUT2D eigenvalue weighted by Gasteiger charge is -2.12. The van der Waals surface area contributed by atoms with Gasteiger partial charge < -0.3 is 4.74 Å². The van der Waals surface area contributed by atoms with Crippen LogP contribution in [0.2, 0.25) is 0 Å². The molecule has 1 saturated carbocycles. The van der Waals surface area contributed by atoms with E-state index in [0.29, 0.717) is 6.42 Å². The van der Waals surface area contributed by atoms with Gasteiger partial charge in [0.15, 0.2) is 0 Å². The molecule has 0 amide bonds. The smallest absolute Gasteiger partial charge is 0.306 e. The Kier molecular flexibility index (Phi) is 3.45. The number of methoxy groups -OCH3 is 1. The van der Waals surface area contributed by atoms with Gasteiger partial charge in [0, 0.05) is 11.1 Å². The van der Waals surface area contributed by atoms with Crippen molar-refractivity contribution in [2.75, 3.05) is 12.9 Å². The minimum absolute atomic E-state index is 0.110. The number of thiophene rings is 1. The molecule has 3 rings (SSSR count). The highest BCUT2D eigenvalue weighted by Gasteiger charge is 2.44. The van der Waals surface area contributed by atoms with Gasteiger partial charge in [-0.15, -0.1) is 23.1 Å². The SMILES string of the molecule is COC(=O)CC1(CSc2ncnc3sccc23)CC1. The van der Waals surface area contributed by atoms with E-state index in [2.05, 4.69) is 16.0 Å². The van der Waals surface area contributed by atoms with Crippen molar-refractivity contribution >= 4 is 39.3 Å². The van der Waals surface area contributed by atoms with Gasteiger partial charge in [-0.1, -0.05) is 0 Å². The monoisotopic (exact) mass is 294 g/mol. The summed E-state index contributed by atoms with van der Waals surface area (Å²) in [4.78, 5) is 21.0. The number of hydrogen-bond acceptors (Lipinski definition) is 6. The molecule has 2 heterocycles. The zero-order valence-electron chi connectivity index (χ0n) is 10.6. The van der Waals surface area contributed by atoms with Crippen LogP contribution < -0.4 is 0 Å². The van der Waals surface area contributed by atoms with Crippen molar-refractivity contribution in [1.82, 2.24) is 9.97 Å². The number of nitrogens with zero attached hydrogens (tertiary/aromatic N) is 2. The second-order valence-electron chi connectivity index (χ2n) is 4.86. The standard InChI is InChI=1S/C13H14N2O2S2/c1-17-10(16)6-13(3-4-13)7-19-12-9-2-5-18-11(9)14-8-15-12/h2,5,8H,3-4,6-7H2,1H3. The summed E-state index contributed by atoms with van der Waals surface area (Å²) in [5.74, 6) is 0.811. The van der Waals surface area contributed by atoms with Crippen LogP contribution in [0.25, 0.3) is 10.2 Å².